The third-order valence-electron chi connectivity index (χ3n) is 2.53. The van der Waals surface area contributed by atoms with Crippen molar-refractivity contribution in [3.63, 3.8) is 0 Å². The Balaban J connectivity index is 1.96. The van der Waals surface area contributed by atoms with Crippen LogP contribution in [0.5, 0.6) is 0 Å². The maximum absolute atomic E-state index is 8.94. The average Bonchev–Trinajstić information content (AvgIpc) is 2.80. The minimum atomic E-state index is 0.531. The standard InChI is InChI=1S/C14H9N3OS/c1-9-6-10(8-15)7-13(16-9)19-14-17-11-4-2-3-5-12(11)18-14/h2-7H,1H3. The number of pyridine rings is 1. The fourth-order valence-corrected chi connectivity index (χ4v) is 2.57. The van der Waals surface area contributed by atoms with Gasteiger partial charge in [0.25, 0.3) is 5.22 Å². The van der Waals surface area contributed by atoms with E-state index in [1.807, 2.05) is 31.2 Å². The van der Waals surface area contributed by atoms with E-state index in [-0.39, 0.29) is 0 Å². The molecule has 0 unspecified atom stereocenters. The number of oxazole rings is 1. The van der Waals surface area contributed by atoms with Gasteiger partial charge in [0.15, 0.2) is 5.58 Å². The molecule has 0 N–H and O–H groups in total. The number of aryl methyl sites for hydroxylation is 1. The van der Waals surface area contributed by atoms with Gasteiger partial charge in [0.1, 0.15) is 10.5 Å². The second-order valence-corrected chi connectivity index (χ2v) is 4.97. The van der Waals surface area contributed by atoms with Crippen LogP contribution in [0.1, 0.15) is 11.3 Å². The molecule has 0 amide bonds. The maximum atomic E-state index is 8.94. The summed E-state index contributed by atoms with van der Waals surface area (Å²) in [5.74, 6) is 0. The average molecular weight is 267 g/mol. The Labute approximate surface area is 114 Å². The first-order valence-electron chi connectivity index (χ1n) is 5.67. The van der Waals surface area contributed by atoms with Gasteiger partial charge in [-0.2, -0.15) is 5.26 Å². The normalized spacial score (nSPS) is 10.5. The second-order valence-electron chi connectivity index (χ2n) is 4.00. The van der Waals surface area contributed by atoms with E-state index < -0.39 is 0 Å². The van der Waals surface area contributed by atoms with E-state index in [4.69, 9.17) is 9.68 Å². The van der Waals surface area contributed by atoms with Crippen LogP contribution in [0.15, 0.2) is 51.1 Å². The highest BCUT2D eigenvalue weighted by molar-refractivity contribution is 7.99. The van der Waals surface area contributed by atoms with Gasteiger partial charge >= 0.3 is 0 Å². The van der Waals surface area contributed by atoms with Crippen molar-refractivity contribution < 1.29 is 4.42 Å². The van der Waals surface area contributed by atoms with E-state index in [9.17, 15) is 0 Å². The molecule has 92 valence electrons. The fraction of sp³-hybridized carbons (Fsp3) is 0.0714. The monoisotopic (exact) mass is 267 g/mol. The molecule has 0 radical (unpaired) electrons. The third-order valence-corrected chi connectivity index (χ3v) is 3.29. The quantitative estimate of drug-likeness (QED) is 0.710. The largest absolute Gasteiger partial charge is 0.431 e. The van der Waals surface area contributed by atoms with E-state index in [0.29, 0.717) is 15.8 Å². The lowest BCUT2D eigenvalue weighted by molar-refractivity contribution is 0.489. The Morgan fingerprint density at radius 3 is 2.84 bits per heavy atom. The minimum Gasteiger partial charge on any atom is -0.431 e. The lowest BCUT2D eigenvalue weighted by atomic mass is 10.2. The summed E-state index contributed by atoms with van der Waals surface area (Å²) in [5, 5.41) is 10.2. The molecule has 0 fully saturated rings. The molecular weight excluding hydrogens is 258 g/mol. The molecule has 0 spiro atoms. The Bertz CT molecular complexity index is 756. The highest BCUT2D eigenvalue weighted by atomic mass is 32.2. The zero-order valence-corrected chi connectivity index (χ0v) is 10.9. The summed E-state index contributed by atoms with van der Waals surface area (Å²) in [7, 11) is 0. The molecule has 5 heteroatoms. The van der Waals surface area contributed by atoms with E-state index in [0.717, 1.165) is 16.8 Å². The summed E-state index contributed by atoms with van der Waals surface area (Å²) < 4.78 is 5.61. The van der Waals surface area contributed by atoms with Gasteiger partial charge in [-0.05, 0) is 43.0 Å². The number of nitriles is 1. The molecule has 0 aliphatic carbocycles. The van der Waals surface area contributed by atoms with Crippen LogP contribution in [0, 0.1) is 18.3 Å². The molecule has 4 nitrogen and oxygen atoms in total. The Morgan fingerprint density at radius 1 is 1.21 bits per heavy atom. The van der Waals surface area contributed by atoms with Gasteiger partial charge in [0, 0.05) is 5.69 Å². The van der Waals surface area contributed by atoms with Crippen molar-refractivity contribution in [2.75, 3.05) is 0 Å². The highest BCUT2D eigenvalue weighted by Gasteiger charge is 2.09. The van der Waals surface area contributed by atoms with E-state index >= 15 is 0 Å². The van der Waals surface area contributed by atoms with E-state index in [1.54, 1.807) is 12.1 Å². The summed E-state index contributed by atoms with van der Waals surface area (Å²) in [6.07, 6.45) is 0. The Hall–Kier alpha value is -2.32. The van der Waals surface area contributed by atoms with Gasteiger partial charge < -0.3 is 4.42 Å². The molecule has 0 saturated heterocycles. The molecular formula is C14H9N3OS. The summed E-state index contributed by atoms with van der Waals surface area (Å²) in [4.78, 5) is 8.73. The zero-order valence-electron chi connectivity index (χ0n) is 10.1. The molecule has 2 heterocycles. The van der Waals surface area contributed by atoms with E-state index in [1.165, 1.54) is 11.8 Å². The molecule has 0 saturated carbocycles. The molecule has 0 aliphatic heterocycles. The molecule has 3 aromatic rings. The summed E-state index contributed by atoms with van der Waals surface area (Å²) >= 11 is 1.32. The smallest absolute Gasteiger partial charge is 0.263 e. The summed E-state index contributed by atoms with van der Waals surface area (Å²) in [5.41, 5.74) is 2.96. The maximum Gasteiger partial charge on any atom is 0.263 e. The minimum absolute atomic E-state index is 0.531. The summed E-state index contributed by atoms with van der Waals surface area (Å²) in [6.45, 7) is 1.86. The molecule has 0 bridgehead atoms. The van der Waals surface area contributed by atoms with Crippen LogP contribution in [0.3, 0.4) is 0 Å². The number of fused-ring (bicyclic) bond motifs is 1. The van der Waals surface area contributed by atoms with Crippen LogP contribution in [0.4, 0.5) is 0 Å². The van der Waals surface area contributed by atoms with Crippen molar-refractivity contribution in [2.45, 2.75) is 17.2 Å². The molecule has 19 heavy (non-hydrogen) atoms. The number of aromatic nitrogens is 2. The second kappa shape index (κ2) is 4.75. The molecule has 1 aromatic carbocycles. The fourth-order valence-electron chi connectivity index (χ4n) is 1.74. The van der Waals surface area contributed by atoms with Crippen LogP contribution in [0.25, 0.3) is 11.1 Å². The lowest BCUT2D eigenvalue weighted by Crippen LogP contribution is -1.87. The van der Waals surface area contributed by atoms with Crippen LogP contribution in [-0.4, -0.2) is 9.97 Å². The number of benzene rings is 1. The molecule has 2 aromatic heterocycles. The van der Waals surface area contributed by atoms with Gasteiger partial charge in [0.05, 0.1) is 11.6 Å². The van der Waals surface area contributed by atoms with Crippen molar-refractivity contribution in [3.8, 4) is 6.07 Å². The van der Waals surface area contributed by atoms with Gasteiger partial charge in [-0.15, -0.1) is 0 Å². The van der Waals surface area contributed by atoms with Crippen LogP contribution >= 0.6 is 11.8 Å². The van der Waals surface area contributed by atoms with Crippen molar-refractivity contribution in [3.05, 3.63) is 47.7 Å². The molecule has 3 rings (SSSR count). The number of para-hydroxylation sites is 2. The SMILES string of the molecule is Cc1cc(C#N)cc(Sc2nc3ccccc3o2)n1. The van der Waals surface area contributed by atoms with Crippen LogP contribution in [0.2, 0.25) is 0 Å². The predicted molar refractivity (Wildman–Crippen MR) is 71.8 cm³/mol. The first-order chi connectivity index (χ1) is 9.24. The lowest BCUT2D eigenvalue weighted by Gasteiger charge is -1.99. The first-order valence-corrected chi connectivity index (χ1v) is 6.48. The third kappa shape index (κ3) is 2.44. The summed E-state index contributed by atoms with van der Waals surface area (Å²) in [6, 6.07) is 13.2. The van der Waals surface area contributed by atoms with Crippen molar-refractivity contribution in [1.29, 1.82) is 5.26 Å². The topological polar surface area (TPSA) is 62.7 Å². The molecule has 0 aliphatic rings. The first kappa shape index (κ1) is 11.8. The van der Waals surface area contributed by atoms with Gasteiger partial charge in [0.2, 0.25) is 0 Å². The number of hydrogen-bond acceptors (Lipinski definition) is 5. The number of nitrogens with zero attached hydrogens (tertiary/aromatic N) is 3. The Kier molecular flexibility index (Phi) is 2.94. The van der Waals surface area contributed by atoms with E-state index in [2.05, 4.69) is 16.0 Å². The predicted octanol–water partition coefficient (Wildman–Crippen LogP) is 3.55. The Morgan fingerprint density at radius 2 is 2.05 bits per heavy atom. The highest BCUT2D eigenvalue weighted by Crippen LogP contribution is 2.29. The number of rotatable bonds is 2. The number of hydrogen-bond donors (Lipinski definition) is 0. The van der Waals surface area contributed by atoms with Crippen LogP contribution in [-0.2, 0) is 0 Å². The zero-order chi connectivity index (χ0) is 13.2. The van der Waals surface area contributed by atoms with Crippen LogP contribution < -0.4 is 0 Å². The van der Waals surface area contributed by atoms with Crippen molar-refractivity contribution in [1.82, 2.24) is 9.97 Å². The van der Waals surface area contributed by atoms with Gasteiger partial charge in [-0.3, -0.25) is 0 Å². The van der Waals surface area contributed by atoms with Gasteiger partial charge in [-0.1, -0.05) is 12.1 Å². The van der Waals surface area contributed by atoms with Crippen molar-refractivity contribution >= 4 is 22.9 Å². The van der Waals surface area contributed by atoms with Crippen molar-refractivity contribution in [2.24, 2.45) is 0 Å². The molecule has 0 atom stereocenters. The van der Waals surface area contributed by atoms with Gasteiger partial charge in [-0.25, -0.2) is 9.97 Å².